The largest absolute Gasteiger partial charge is 0.508 e. The first-order chi connectivity index (χ1) is 12.0. The molecule has 0 atom stereocenters. The van der Waals surface area contributed by atoms with Gasteiger partial charge in [0.25, 0.3) is 5.91 Å². The van der Waals surface area contributed by atoms with Gasteiger partial charge in [-0.3, -0.25) is 20.4 Å². The number of aryl methyl sites for hydroxylation is 1. The summed E-state index contributed by atoms with van der Waals surface area (Å²) in [5, 5.41) is 10.1. The molecule has 25 heavy (non-hydrogen) atoms. The van der Waals surface area contributed by atoms with Crippen molar-refractivity contribution < 1.29 is 23.8 Å². The molecular weight excluding hydrogens is 324 g/mol. The second-order valence-electron chi connectivity index (χ2n) is 5.38. The van der Waals surface area contributed by atoms with Crippen molar-refractivity contribution in [1.82, 2.24) is 10.9 Å². The molecule has 0 aliphatic heterocycles. The van der Waals surface area contributed by atoms with E-state index in [1.165, 1.54) is 24.3 Å². The topological polar surface area (TPSA) is 101 Å². The van der Waals surface area contributed by atoms with Gasteiger partial charge in [-0.2, -0.15) is 0 Å². The monoisotopic (exact) mass is 340 g/mol. The summed E-state index contributed by atoms with van der Waals surface area (Å²) in [6.45, 7) is 1.75. The van der Waals surface area contributed by atoms with E-state index in [4.69, 9.17) is 9.15 Å². The number of aromatic hydroxyl groups is 1. The van der Waals surface area contributed by atoms with Crippen molar-refractivity contribution in [3.05, 3.63) is 59.4 Å². The Morgan fingerprint density at radius 3 is 2.56 bits per heavy atom. The maximum absolute atomic E-state index is 12.3. The van der Waals surface area contributed by atoms with E-state index in [2.05, 4.69) is 10.9 Å². The number of hydrazine groups is 1. The van der Waals surface area contributed by atoms with Gasteiger partial charge in [0.1, 0.15) is 17.1 Å². The average Bonchev–Trinajstić information content (AvgIpc) is 2.95. The molecule has 3 aromatic rings. The number of methoxy groups -OCH3 is 1. The van der Waals surface area contributed by atoms with Crippen molar-refractivity contribution in [2.45, 2.75) is 6.92 Å². The lowest BCUT2D eigenvalue weighted by molar-refractivity contribution is 0.0831. The van der Waals surface area contributed by atoms with Crippen LogP contribution < -0.4 is 15.6 Å². The highest BCUT2D eigenvalue weighted by Gasteiger charge is 2.19. The summed E-state index contributed by atoms with van der Waals surface area (Å²) in [7, 11) is 1.56. The fraction of sp³-hybridized carbons (Fsp3) is 0.111. The Hall–Kier alpha value is -3.48. The third kappa shape index (κ3) is 3.25. The van der Waals surface area contributed by atoms with Crippen LogP contribution in [0.2, 0.25) is 0 Å². The standard InChI is InChI=1S/C18H16N2O5/c1-10-14-9-13(24-2)6-7-15(14)25-16(10)18(23)20-19-17(22)11-4-3-5-12(21)8-11/h3-9,21H,1-2H3,(H,19,22)(H,20,23). The van der Waals surface area contributed by atoms with Crippen LogP contribution in [0.4, 0.5) is 0 Å². The van der Waals surface area contributed by atoms with Crippen molar-refractivity contribution in [3.8, 4) is 11.5 Å². The highest BCUT2D eigenvalue weighted by Crippen LogP contribution is 2.28. The van der Waals surface area contributed by atoms with Gasteiger partial charge < -0.3 is 14.3 Å². The maximum Gasteiger partial charge on any atom is 0.305 e. The minimum atomic E-state index is -0.582. The predicted octanol–water partition coefficient (Wildman–Crippen LogP) is 2.53. The molecular formula is C18H16N2O5. The highest BCUT2D eigenvalue weighted by atomic mass is 16.5. The second-order valence-corrected chi connectivity index (χ2v) is 5.38. The normalized spacial score (nSPS) is 10.5. The number of carbonyl (C=O) groups is 2. The third-order valence-electron chi connectivity index (χ3n) is 3.75. The summed E-state index contributed by atoms with van der Waals surface area (Å²) >= 11 is 0. The maximum atomic E-state index is 12.3. The first-order valence-corrected chi connectivity index (χ1v) is 7.46. The Balaban J connectivity index is 1.76. The molecule has 3 N–H and O–H groups in total. The van der Waals surface area contributed by atoms with Gasteiger partial charge in [-0.15, -0.1) is 0 Å². The van der Waals surface area contributed by atoms with Gasteiger partial charge in [0.2, 0.25) is 0 Å². The molecule has 0 saturated carbocycles. The van der Waals surface area contributed by atoms with Gasteiger partial charge in [0.15, 0.2) is 5.76 Å². The number of phenols is 1. The van der Waals surface area contributed by atoms with Gasteiger partial charge in [-0.1, -0.05) is 6.07 Å². The van der Waals surface area contributed by atoms with Crippen LogP contribution in [0.15, 0.2) is 46.9 Å². The van der Waals surface area contributed by atoms with Crippen molar-refractivity contribution in [2.24, 2.45) is 0 Å². The van der Waals surface area contributed by atoms with E-state index in [-0.39, 0.29) is 17.1 Å². The number of nitrogens with one attached hydrogen (secondary N) is 2. The number of benzene rings is 2. The molecule has 0 saturated heterocycles. The summed E-state index contributed by atoms with van der Waals surface area (Å²) in [5.74, 6) is -0.429. The van der Waals surface area contributed by atoms with E-state index in [9.17, 15) is 14.7 Å². The van der Waals surface area contributed by atoms with E-state index < -0.39 is 11.8 Å². The van der Waals surface area contributed by atoms with Gasteiger partial charge in [0, 0.05) is 16.5 Å². The number of furan rings is 1. The molecule has 1 heterocycles. The van der Waals surface area contributed by atoms with Crippen LogP contribution in [0, 0.1) is 6.92 Å². The van der Waals surface area contributed by atoms with Gasteiger partial charge >= 0.3 is 5.91 Å². The number of ether oxygens (including phenoxy) is 1. The molecule has 0 aliphatic carbocycles. The number of fused-ring (bicyclic) bond motifs is 1. The van der Waals surface area contributed by atoms with E-state index in [1.54, 1.807) is 32.2 Å². The summed E-state index contributed by atoms with van der Waals surface area (Å²) in [6.07, 6.45) is 0. The number of hydrogen-bond acceptors (Lipinski definition) is 5. The van der Waals surface area contributed by atoms with E-state index in [0.29, 0.717) is 16.9 Å². The second kappa shape index (κ2) is 6.56. The number of rotatable bonds is 3. The summed E-state index contributed by atoms with van der Waals surface area (Å²) in [4.78, 5) is 24.3. The van der Waals surface area contributed by atoms with Crippen LogP contribution >= 0.6 is 0 Å². The molecule has 2 amide bonds. The van der Waals surface area contributed by atoms with Crippen molar-refractivity contribution in [3.63, 3.8) is 0 Å². The fourth-order valence-electron chi connectivity index (χ4n) is 2.43. The molecule has 7 nitrogen and oxygen atoms in total. The molecule has 0 aliphatic rings. The summed E-state index contributed by atoms with van der Waals surface area (Å²) in [5.41, 5.74) is 5.98. The van der Waals surface area contributed by atoms with Crippen LogP contribution in [0.3, 0.4) is 0 Å². The van der Waals surface area contributed by atoms with Gasteiger partial charge in [0.05, 0.1) is 7.11 Å². The highest BCUT2D eigenvalue weighted by molar-refractivity contribution is 6.01. The Morgan fingerprint density at radius 1 is 1.08 bits per heavy atom. The zero-order chi connectivity index (χ0) is 18.0. The lowest BCUT2D eigenvalue weighted by Gasteiger charge is -2.06. The smallest absolute Gasteiger partial charge is 0.305 e. The molecule has 0 radical (unpaired) electrons. The molecule has 1 aromatic heterocycles. The first-order valence-electron chi connectivity index (χ1n) is 7.46. The van der Waals surface area contributed by atoms with Crippen LogP contribution in [0.25, 0.3) is 11.0 Å². The molecule has 3 rings (SSSR count). The SMILES string of the molecule is COc1ccc2oc(C(=O)NNC(=O)c3cccc(O)c3)c(C)c2c1. The molecule has 128 valence electrons. The van der Waals surface area contributed by atoms with Crippen molar-refractivity contribution >= 4 is 22.8 Å². The Bertz CT molecular complexity index is 961. The average molecular weight is 340 g/mol. The van der Waals surface area contributed by atoms with Crippen LogP contribution in [0.5, 0.6) is 11.5 Å². The van der Waals surface area contributed by atoms with Crippen LogP contribution in [-0.4, -0.2) is 24.0 Å². The zero-order valence-corrected chi connectivity index (χ0v) is 13.6. The molecule has 0 fully saturated rings. The van der Waals surface area contributed by atoms with E-state index >= 15 is 0 Å². The minimum absolute atomic E-state index is 0.0407. The number of amides is 2. The lowest BCUT2D eigenvalue weighted by atomic mass is 10.1. The lowest BCUT2D eigenvalue weighted by Crippen LogP contribution is -2.41. The Kier molecular flexibility index (Phi) is 4.30. The zero-order valence-electron chi connectivity index (χ0n) is 13.6. The Morgan fingerprint density at radius 2 is 1.84 bits per heavy atom. The minimum Gasteiger partial charge on any atom is -0.508 e. The van der Waals surface area contributed by atoms with Gasteiger partial charge in [-0.25, -0.2) is 0 Å². The van der Waals surface area contributed by atoms with Gasteiger partial charge in [-0.05, 0) is 43.3 Å². The summed E-state index contributed by atoms with van der Waals surface area (Å²) in [6, 6.07) is 11.0. The number of carbonyl (C=O) groups excluding carboxylic acids is 2. The quantitative estimate of drug-likeness (QED) is 0.636. The van der Waals surface area contributed by atoms with Crippen molar-refractivity contribution in [1.29, 1.82) is 0 Å². The molecule has 2 aromatic carbocycles. The number of hydrogen-bond donors (Lipinski definition) is 3. The summed E-state index contributed by atoms with van der Waals surface area (Å²) < 4.78 is 10.7. The van der Waals surface area contributed by atoms with E-state index in [0.717, 1.165) is 5.39 Å². The van der Waals surface area contributed by atoms with Crippen molar-refractivity contribution in [2.75, 3.05) is 7.11 Å². The van der Waals surface area contributed by atoms with Crippen LogP contribution in [-0.2, 0) is 0 Å². The molecule has 7 heteroatoms. The first kappa shape index (κ1) is 16.4. The van der Waals surface area contributed by atoms with Crippen LogP contribution in [0.1, 0.15) is 26.5 Å². The Labute approximate surface area is 143 Å². The third-order valence-corrected chi connectivity index (χ3v) is 3.75. The molecule has 0 unspecified atom stereocenters. The predicted molar refractivity (Wildman–Crippen MR) is 90.5 cm³/mol. The molecule has 0 spiro atoms. The number of phenolic OH excluding ortho intramolecular Hbond substituents is 1. The van der Waals surface area contributed by atoms with E-state index in [1.807, 2.05) is 0 Å². The fourth-order valence-corrected chi connectivity index (χ4v) is 2.43. The molecule has 0 bridgehead atoms.